The first-order valence-corrected chi connectivity index (χ1v) is 13.0. The largest absolute Gasteiger partial charge is 0.388 e. The second kappa shape index (κ2) is 11.8. The van der Waals surface area contributed by atoms with Gasteiger partial charge in [0.15, 0.2) is 0 Å². The summed E-state index contributed by atoms with van der Waals surface area (Å²) in [5, 5.41) is 17.8. The van der Waals surface area contributed by atoms with E-state index in [1.54, 1.807) is 4.90 Å². The van der Waals surface area contributed by atoms with Crippen LogP contribution in [0.25, 0.3) is 0 Å². The van der Waals surface area contributed by atoms with E-state index in [0.717, 1.165) is 18.7 Å². The van der Waals surface area contributed by atoms with E-state index in [1.165, 1.54) is 0 Å². The zero-order valence-electron chi connectivity index (χ0n) is 20.8. The molecule has 0 bridgehead atoms. The lowest BCUT2D eigenvalue weighted by Crippen LogP contribution is -2.61. The zero-order valence-corrected chi connectivity index (χ0v) is 20.8. The van der Waals surface area contributed by atoms with Crippen molar-refractivity contribution >= 4 is 11.8 Å². The molecule has 1 aromatic carbocycles. The summed E-state index contributed by atoms with van der Waals surface area (Å²) in [5.41, 5.74) is 0.181. The van der Waals surface area contributed by atoms with Crippen molar-refractivity contribution < 1.29 is 19.1 Å². The number of halogens is 1. The number of alkyl halides is 1. The highest BCUT2D eigenvalue weighted by Gasteiger charge is 2.38. The Labute approximate surface area is 207 Å². The molecule has 194 valence electrons. The number of β-amino-alcohol motifs (C(OH)–C–C–N with tert-alkyl or cyclic N) is 1. The Morgan fingerprint density at radius 3 is 2.66 bits per heavy atom. The monoisotopic (exact) mass is 489 g/mol. The predicted octanol–water partition coefficient (Wildman–Crippen LogP) is 1.27. The van der Waals surface area contributed by atoms with E-state index in [-0.39, 0.29) is 30.4 Å². The normalized spacial score (nSPS) is 26.2. The Hall–Kier alpha value is -2.07. The van der Waals surface area contributed by atoms with Crippen molar-refractivity contribution in [1.82, 2.24) is 25.3 Å². The molecular weight excluding hydrogens is 449 g/mol. The summed E-state index contributed by atoms with van der Waals surface area (Å²) in [6.07, 6.45) is 1.50. The molecule has 9 heteroatoms. The van der Waals surface area contributed by atoms with Gasteiger partial charge in [-0.3, -0.25) is 19.8 Å². The number of likely N-dealkylation sites (tertiary alicyclic amines) is 2. The van der Waals surface area contributed by atoms with Gasteiger partial charge in [-0.2, -0.15) is 0 Å². The van der Waals surface area contributed by atoms with Crippen LogP contribution in [0, 0.1) is 0 Å². The molecule has 3 aliphatic rings. The van der Waals surface area contributed by atoms with Gasteiger partial charge >= 0.3 is 0 Å². The molecule has 4 rings (SSSR count). The molecule has 3 heterocycles. The minimum absolute atomic E-state index is 0.00913. The quantitative estimate of drug-likeness (QED) is 0.484. The highest BCUT2D eigenvalue weighted by Crippen LogP contribution is 2.26. The molecule has 0 spiro atoms. The molecule has 1 aromatic rings. The maximum Gasteiger partial charge on any atom is 0.226 e. The number of aliphatic hydroxyl groups is 1. The number of benzene rings is 1. The molecule has 0 radical (unpaired) electrons. The molecule has 3 N–H and O–H groups in total. The third-order valence-corrected chi connectivity index (χ3v) is 7.68. The van der Waals surface area contributed by atoms with Crippen LogP contribution in [-0.4, -0.2) is 102 Å². The van der Waals surface area contributed by atoms with Gasteiger partial charge in [0.1, 0.15) is 6.17 Å². The fourth-order valence-electron chi connectivity index (χ4n) is 5.33. The fourth-order valence-corrected chi connectivity index (χ4v) is 5.33. The Bertz CT molecular complexity index is 849. The van der Waals surface area contributed by atoms with Crippen molar-refractivity contribution in [2.45, 2.75) is 62.9 Å². The van der Waals surface area contributed by atoms with Crippen LogP contribution in [0.2, 0.25) is 0 Å². The van der Waals surface area contributed by atoms with E-state index in [9.17, 15) is 19.1 Å². The SMILES string of the molecule is C[C@H](CC(=O)N1CCC(O)(CN2CNC(NCCN3CC[C@@H](F)C3)CC2=O)CC1)c1ccccc1. The standard InChI is InChI=1S/C26H40FN5O3/c1-20(21-5-3-2-4-6-21)15-24(33)31-12-8-26(35,9-13-31)18-32-19-29-23(16-25(32)34)28-10-14-30-11-7-22(27)17-30/h2-6,20,22-23,28-29,35H,7-19H2,1H3/t20-,22-,23?/m1/s1. The van der Waals surface area contributed by atoms with E-state index < -0.39 is 11.8 Å². The van der Waals surface area contributed by atoms with Crippen LogP contribution < -0.4 is 10.6 Å². The lowest BCUT2D eigenvalue weighted by Gasteiger charge is -2.43. The van der Waals surface area contributed by atoms with E-state index >= 15 is 0 Å². The maximum atomic E-state index is 13.3. The molecule has 3 aliphatic heterocycles. The van der Waals surface area contributed by atoms with Gasteiger partial charge in [0.05, 0.1) is 31.4 Å². The van der Waals surface area contributed by atoms with Crippen molar-refractivity contribution in [3.63, 3.8) is 0 Å². The molecule has 3 saturated heterocycles. The average Bonchev–Trinajstić information content (AvgIpc) is 3.26. The van der Waals surface area contributed by atoms with Gasteiger partial charge in [0.25, 0.3) is 0 Å². The number of rotatable bonds is 9. The molecule has 3 atom stereocenters. The topological polar surface area (TPSA) is 88.2 Å². The van der Waals surface area contributed by atoms with Gasteiger partial charge in [-0.25, -0.2) is 4.39 Å². The van der Waals surface area contributed by atoms with Crippen LogP contribution in [0.1, 0.15) is 50.5 Å². The summed E-state index contributed by atoms with van der Waals surface area (Å²) >= 11 is 0. The third kappa shape index (κ3) is 7.22. The molecule has 2 amide bonds. The zero-order chi connectivity index (χ0) is 24.8. The van der Waals surface area contributed by atoms with E-state index in [1.807, 2.05) is 35.2 Å². The van der Waals surface area contributed by atoms with Crippen molar-refractivity contribution in [2.24, 2.45) is 0 Å². The van der Waals surface area contributed by atoms with Gasteiger partial charge < -0.3 is 20.2 Å². The van der Waals surface area contributed by atoms with Gasteiger partial charge in [-0.05, 0) is 30.7 Å². The second-order valence-electron chi connectivity index (χ2n) is 10.5. The van der Waals surface area contributed by atoms with E-state index in [0.29, 0.717) is 65.0 Å². The average molecular weight is 490 g/mol. The van der Waals surface area contributed by atoms with E-state index in [4.69, 9.17) is 0 Å². The second-order valence-corrected chi connectivity index (χ2v) is 10.5. The summed E-state index contributed by atoms with van der Waals surface area (Å²) in [6, 6.07) is 10.0. The van der Waals surface area contributed by atoms with Crippen molar-refractivity contribution in [3.05, 3.63) is 35.9 Å². The fraction of sp³-hybridized carbons (Fsp3) is 0.692. The number of nitrogens with zero attached hydrogens (tertiary/aromatic N) is 3. The number of carbonyl (C=O) groups is 2. The van der Waals surface area contributed by atoms with Crippen LogP contribution in [0.3, 0.4) is 0 Å². The van der Waals surface area contributed by atoms with Crippen LogP contribution in [-0.2, 0) is 9.59 Å². The Balaban J connectivity index is 1.16. The molecule has 35 heavy (non-hydrogen) atoms. The summed E-state index contributed by atoms with van der Waals surface area (Å²) in [5.74, 6) is 0.276. The highest BCUT2D eigenvalue weighted by atomic mass is 19.1. The minimum Gasteiger partial charge on any atom is -0.388 e. The summed E-state index contributed by atoms with van der Waals surface area (Å²) in [6.45, 7) is 6.51. The van der Waals surface area contributed by atoms with Crippen molar-refractivity contribution in [3.8, 4) is 0 Å². The minimum atomic E-state index is -0.974. The lowest BCUT2D eigenvalue weighted by molar-refractivity contribution is -0.144. The molecular formula is C26H40FN5O3. The number of hydrogen-bond donors (Lipinski definition) is 3. The summed E-state index contributed by atoms with van der Waals surface area (Å²) in [4.78, 5) is 31.1. The highest BCUT2D eigenvalue weighted by molar-refractivity contribution is 5.78. The summed E-state index contributed by atoms with van der Waals surface area (Å²) in [7, 11) is 0. The summed E-state index contributed by atoms with van der Waals surface area (Å²) < 4.78 is 13.3. The maximum absolute atomic E-state index is 13.3. The smallest absolute Gasteiger partial charge is 0.226 e. The number of amides is 2. The first-order chi connectivity index (χ1) is 16.8. The Kier molecular flexibility index (Phi) is 8.75. The van der Waals surface area contributed by atoms with Crippen molar-refractivity contribution in [2.75, 3.05) is 52.5 Å². The molecule has 0 aromatic heterocycles. The van der Waals surface area contributed by atoms with Crippen molar-refractivity contribution in [1.29, 1.82) is 0 Å². The molecule has 8 nitrogen and oxygen atoms in total. The number of piperidine rings is 1. The number of nitrogens with one attached hydrogen (secondary N) is 2. The Morgan fingerprint density at radius 2 is 2.00 bits per heavy atom. The van der Waals surface area contributed by atoms with Crippen LogP contribution >= 0.6 is 0 Å². The van der Waals surface area contributed by atoms with Gasteiger partial charge in [-0.15, -0.1) is 0 Å². The molecule has 0 saturated carbocycles. The molecule has 0 aliphatic carbocycles. The number of hydrogen-bond acceptors (Lipinski definition) is 6. The molecule has 1 unspecified atom stereocenters. The predicted molar refractivity (Wildman–Crippen MR) is 132 cm³/mol. The lowest BCUT2D eigenvalue weighted by atomic mass is 9.89. The first-order valence-electron chi connectivity index (χ1n) is 13.0. The van der Waals surface area contributed by atoms with Crippen LogP contribution in [0.4, 0.5) is 4.39 Å². The van der Waals surface area contributed by atoms with Gasteiger partial charge in [0, 0.05) is 45.7 Å². The Morgan fingerprint density at radius 1 is 1.26 bits per heavy atom. The van der Waals surface area contributed by atoms with Crippen LogP contribution in [0.5, 0.6) is 0 Å². The third-order valence-electron chi connectivity index (χ3n) is 7.68. The van der Waals surface area contributed by atoms with Gasteiger partial charge in [-0.1, -0.05) is 37.3 Å². The van der Waals surface area contributed by atoms with Crippen LogP contribution in [0.15, 0.2) is 30.3 Å². The van der Waals surface area contributed by atoms with Gasteiger partial charge in [0.2, 0.25) is 11.8 Å². The van der Waals surface area contributed by atoms with E-state index in [2.05, 4.69) is 22.5 Å². The molecule has 3 fully saturated rings. The first kappa shape index (κ1) is 26.0. The number of carbonyl (C=O) groups excluding carboxylic acids is 2.